The Morgan fingerprint density at radius 1 is 1.17 bits per heavy atom. The Hall–Kier alpha value is -3.34. The quantitative estimate of drug-likeness (QED) is 0.622. The van der Waals surface area contributed by atoms with E-state index in [0.29, 0.717) is 0 Å². The second-order valence-electron chi connectivity index (χ2n) is 6.30. The number of amides is 2. The van der Waals surface area contributed by atoms with Gasteiger partial charge in [0.05, 0.1) is 19.9 Å². The SMILES string of the molecule is COc1cc(OC)nc(N(C(N)=O)S(=O)(=O)Nc2ccccc2C(=O)C2CC2)c1. The highest BCUT2D eigenvalue weighted by Gasteiger charge is 2.34. The third-order valence-electron chi connectivity index (χ3n) is 4.23. The molecule has 3 rings (SSSR count). The molecule has 10 nitrogen and oxygen atoms in total. The van der Waals surface area contributed by atoms with Crippen LogP contribution in [0.4, 0.5) is 16.3 Å². The zero-order chi connectivity index (χ0) is 21.2. The number of primary amides is 1. The van der Waals surface area contributed by atoms with E-state index in [9.17, 15) is 18.0 Å². The lowest BCUT2D eigenvalue weighted by atomic mass is 10.1. The number of ketones is 1. The molecule has 1 aromatic heterocycles. The van der Waals surface area contributed by atoms with Crippen LogP contribution in [-0.4, -0.2) is 39.4 Å². The van der Waals surface area contributed by atoms with Gasteiger partial charge in [-0.1, -0.05) is 12.1 Å². The van der Waals surface area contributed by atoms with Crippen LogP contribution in [0.2, 0.25) is 0 Å². The van der Waals surface area contributed by atoms with Gasteiger partial charge in [0.2, 0.25) is 5.88 Å². The van der Waals surface area contributed by atoms with Crippen molar-refractivity contribution in [3.05, 3.63) is 42.0 Å². The third-order valence-corrected chi connectivity index (χ3v) is 5.56. The normalized spacial score (nSPS) is 13.4. The highest BCUT2D eigenvalue weighted by Crippen LogP contribution is 2.35. The van der Waals surface area contributed by atoms with Gasteiger partial charge in [-0.15, -0.1) is 0 Å². The maximum atomic E-state index is 13.0. The van der Waals surface area contributed by atoms with Gasteiger partial charge in [-0.25, -0.2) is 4.79 Å². The second-order valence-corrected chi connectivity index (χ2v) is 7.82. The zero-order valence-corrected chi connectivity index (χ0v) is 16.6. The minimum Gasteiger partial charge on any atom is -0.496 e. The molecule has 1 aromatic carbocycles. The molecule has 1 saturated carbocycles. The van der Waals surface area contributed by atoms with Crippen LogP contribution < -0.4 is 24.2 Å². The van der Waals surface area contributed by atoms with E-state index in [2.05, 4.69) is 9.71 Å². The third kappa shape index (κ3) is 4.40. The van der Waals surface area contributed by atoms with Gasteiger partial charge in [-0.05, 0) is 25.0 Å². The fourth-order valence-corrected chi connectivity index (χ4v) is 3.81. The van der Waals surface area contributed by atoms with Crippen molar-refractivity contribution in [3.8, 4) is 11.6 Å². The van der Waals surface area contributed by atoms with Crippen LogP contribution in [0.5, 0.6) is 11.6 Å². The summed E-state index contributed by atoms with van der Waals surface area (Å²) in [6, 6.07) is 7.49. The first-order chi connectivity index (χ1) is 13.8. The first-order valence-corrected chi connectivity index (χ1v) is 10.1. The van der Waals surface area contributed by atoms with Crippen molar-refractivity contribution < 1.29 is 27.5 Å². The number of urea groups is 1. The summed E-state index contributed by atoms with van der Waals surface area (Å²) in [5.41, 5.74) is 5.60. The molecular weight excluding hydrogens is 400 g/mol. The molecule has 1 aliphatic carbocycles. The number of para-hydroxylation sites is 1. The molecule has 1 fully saturated rings. The van der Waals surface area contributed by atoms with Crippen molar-refractivity contribution in [2.75, 3.05) is 23.2 Å². The number of nitrogens with zero attached hydrogens (tertiary/aromatic N) is 2. The van der Waals surface area contributed by atoms with Crippen molar-refractivity contribution in [2.45, 2.75) is 12.8 Å². The van der Waals surface area contributed by atoms with Crippen LogP contribution in [0.3, 0.4) is 0 Å². The summed E-state index contributed by atoms with van der Waals surface area (Å²) in [6.45, 7) is 0. The van der Waals surface area contributed by atoms with Gasteiger partial charge >= 0.3 is 16.2 Å². The largest absolute Gasteiger partial charge is 0.496 e. The molecule has 1 heterocycles. The molecule has 0 spiro atoms. The van der Waals surface area contributed by atoms with Gasteiger partial charge in [0, 0.05) is 23.6 Å². The number of pyridine rings is 1. The van der Waals surface area contributed by atoms with Gasteiger partial charge in [0.1, 0.15) is 5.75 Å². The van der Waals surface area contributed by atoms with E-state index in [1.807, 2.05) is 0 Å². The van der Waals surface area contributed by atoms with Crippen LogP contribution in [0.25, 0.3) is 0 Å². The first kappa shape index (κ1) is 20.4. The number of ether oxygens (including phenoxy) is 2. The number of methoxy groups -OCH3 is 2. The Labute approximate surface area is 167 Å². The van der Waals surface area contributed by atoms with Crippen LogP contribution in [-0.2, 0) is 10.2 Å². The number of hydrogen-bond donors (Lipinski definition) is 2. The maximum absolute atomic E-state index is 13.0. The molecule has 0 atom stereocenters. The van der Waals surface area contributed by atoms with Crippen LogP contribution in [0, 0.1) is 5.92 Å². The molecule has 1 aliphatic rings. The van der Waals surface area contributed by atoms with E-state index in [-0.39, 0.29) is 44.7 Å². The van der Waals surface area contributed by atoms with Crippen molar-refractivity contribution in [1.29, 1.82) is 0 Å². The Morgan fingerprint density at radius 3 is 2.45 bits per heavy atom. The molecule has 11 heteroatoms. The van der Waals surface area contributed by atoms with Gasteiger partial charge in [0.25, 0.3) is 0 Å². The Bertz CT molecular complexity index is 1030. The molecule has 0 unspecified atom stereocenters. The van der Waals surface area contributed by atoms with E-state index >= 15 is 0 Å². The van der Waals surface area contributed by atoms with E-state index in [1.165, 1.54) is 38.5 Å². The molecule has 0 radical (unpaired) electrons. The monoisotopic (exact) mass is 420 g/mol. The van der Waals surface area contributed by atoms with Crippen LogP contribution in [0.15, 0.2) is 36.4 Å². The van der Waals surface area contributed by atoms with Crippen molar-refractivity contribution in [1.82, 2.24) is 4.98 Å². The van der Waals surface area contributed by atoms with Crippen LogP contribution in [0.1, 0.15) is 23.2 Å². The Kier molecular flexibility index (Phi) is 5.59. The van der Waals surface area contributed by atoms with E-state index in [4.69, 9.17) is 15.2 Å². The second kappa shape index (κ2) is 7.95. The molecule has 0 bridgehead atoms. The molecule has 0 aliphatic heterocycles. The van der Waals surface area contributed by atoms with Crippen molar-refractivity contribution >= 4 is 33.5 Å². The molecule has 29 heavy (non-hydrogen) atoms. The van der Waals surface area contributed by atoms with Gasteiger partial charge < -0.3 is 15.2 Å². The topological polar surface area (TPSA) is 141 Å². The standard InChI is InChI=1S/C18H20N4O6S/c1-27-12-9-15(20-16(10-12)28-2)22(18(19)24)29(25,26)21-14-6-4-3-5-13(14)17(23)11-7-8-11/h3-6,9-11,21H,7-8H2,1-2H3,(H2,19,24). The predicted molar refractivity (Wildman–Crippen MR) is 105 cm³/mol. The number of carbonyl (C=O) groups excluding carboxylic acids is 2. The van der Waals surface area contributed by atoms with E-state index in [1.54, 1.807) is 12.1 Å². The van der Waals surface area contributed by atoms with Gasteiger partial charge in [0.15, 0.2) is 11.6 Å². The summed E-state index contributed by atoms with van der Waals surface area (Å²) in [5, 5.41) is 0. The molecule has 154 valence electrons. The number of rotatable bonds is 8. The smallest absolute Gasteiger partial charge is 0.335 e. The first-order valence-electron chi connectivity index (χ1n) is 8.62. The number of aromatic nitrogens is 1. The fourth-order valence-electron chi connectivity index (χ4n) is 2.69. The minimum atomic E-state index is -4.56. The summed E-state index contributed by atoms with van der Waals surface area (Å²) in [4.78, 5) is 28.4. The minimum absolute atomic E-state index is 0.0186. The number of nitrogens with one attached hydrogen (secondary N) is 1. The van der Waals surface area contributed by atoms with Gasteiger partial charge in [-0.3, -0.25) is 9.52 Å². The summed E-state index contributed by atoms with van der Waals surface area (Å²) >= 11 is 0. The summed E-state index contributed by atoms with van der Waals surface area (Å²) in [7, 11) is -1.87. The fraction of sp³-hybridized carbons (Fsp3) is 0.278. The average Bonchev–Trinajstić information content (AvgIpc) is 3.52. The van der Waals surface area contributed by atoms with E-state index < -0.39 is 16.2 Å². The number of nitrogens with two attached hydrogens (primary N) is 1. The maximum Gasteiger partial charge on any atom is 0.335 e. The summed E-state index contributed by atoms with van der Waals surface area (Å²) in [6.07, 6.45) is 1.53. The molecule has 2 amide bonds. The van der Waals surface area contributed by atoms with E-state index in [0.717, 1.165) is 12.8 Å². The number of anilines is 2. The lowest BCUT2D eigenvalue weighted by Crippen LogP contribution is -2.44. The molecule has 2 aromatic rings. The van der Waals surface area contributed by atoms with Gasteiger partial charge in [-0.2, -0.15) is 17.7 Å². The lowest BCUT2D eigenvalue weighted by Gasteiger charge is -2.22. The number of carbonyl (C=O) groups is 2. The highest BCUT2D eigenvalue weighted by molar-refractivity contribution is 7.94. The lowest BCUT2D eigenvalue weighted by molar-refractivity contribution is 0.0968. The molecule has 0 saturated heterocycles. The number of benzene rings is 1. The molecule has 3 N–H and O–H groups in total. The Morgan fingerprint density at radius 2 is 1.86 bits per heavy atom. The average molecular weight is 420 g/mol. The van der Waals surface area contributed by atoms with Crippen molar-refractivity contribution in [2.24, 2.45) is 11.7 Å². The number of Topliss-reactive ketones (excluding diaryl/α,β-unsaturated/α-hetero) is 1. The summed E-state index contributed by atoms with van der Waals surface area (Å²) in [5.74, 6) is -0.373. The molecular formula is C18H20N4O6S. The van der Waals surface area contributed by atoms with Crippen molar-refractivity contribution in [3.63, 3.8) is 0 Å². The predicted octanol–water partition coefficient (Wildman–Crippen LogP) is 1.93. The Balaban J connectivity index is 2.01. The summed E-state index contributed by atoms with van der Waals surface area (Å²) < 4.78 is 38.6. The van der Waals surface area contributed by atoms with Crippen LogP contribution >= 0.6 is 0 Å². The zero-order valence-electron chi connectivity index (χ0n) is 15.8. The number of hydrogen-bond acceptors (Lipinski definition) is 7. The highest BCUT2D eigenvalue weighted by atomic mass is 32.2.